The molecule has 0 fully saturated rings. The maximum Gasteiger partial charge on any atom is 0.240 e. The predicted octanol–water partition coefficient (Wildman–Crippen LogP) is 2.68. The topological polar surface area (TPSA) is 85.2 Å². The number of aromatic hydroxyl groups is 1. The number of rotatable bonds is 3. The van der Waals surface area contributed by atoms with Gasteiger partial charge in [-0.05, 0) is 23.6 Å². The van der Waals surface area contributed by atoms with Gasteiger partial charge in [-0.3, -0.25) is 0 Å². The van der Waals surface area contributed by atoms with E-state index in [1.807, 2.05) is 13.8 Å². The average Bonchev–Trinajstić information content (AvgIpc) is 2.79. The molecule has 0 atom stereocenters. The summed E-state index contributed by atoms with van der Waals surface area (Å²) in [6, 6.07) is 3.34. The largest absolute Gasteiger partial charge is 0.507 e. The van der Waals surface area contributed by atoms with Crippen molar-refractivity contribution in [2.75, 3.05) is 0 Å². The van der Waals surface area contributed by atoms with Gasteiger partial charge in [0.2, 0.25) is 11.7 Å². The first-order valence-corrected chi connectivity index (χ1v) is 5.96. The molecule has 5 nitrogen and oxygen atoms in total. The Morgan fingerprint density at radius 1 is 1.44 bits per heavy atom. The highest BCUT2D eigenvalue weighted by Gasteiger charge is 2.17. The standard InChI is InChI=1S/C12H14ClN3O2/c1-6(2)8-3-7(13)4-9(11(8)17)12-15-10(5-14)18-16-12/h3-4,6,17H,5,14H2,1-2H3. The SMILES string of the molecule is CC(C)c1cc(Cl)cc(-c2noc(CN)n2)c1O. The molecule has 0 aliphatic heterocycles. The molecule has 96 valence electrons. The molecule has 0 bridgehead atoms. The summed E-state index contributed by atoms with van der Waals surface area (Å²) in [5.41, 5.74) is 6.60. The Morgan fingerprint density at radius 2 is 2.17 bits per heavy atom. The minimum Gasteiger partial charge on any atom is -0.507 e. The molecule has 3 N–H and O–H groups in total. The van der Waals surface area contributed by atoms with Crippen LogP contribution >= 0.6 is 11.6 Å². The van der Waals surface area contributed by atoms with E-state index in [1.54, 1.807) is 12.1 Å². The number of benzene rings is 1. The van der Waals surface area contributed by atoms with Gasteiger partial charge < -0.3 is 15.4 Å². The lowest BCUT2D eigenvalue weighted by Gasteiger charge is -2.11. The van der Waals surface area contributed by atoms with Gasteiger partial charge in [0.1, 0.15) is 5.75 Å². The van der Waals surface area contributed by atoms with E-state index in [0.29, 0.717) is 16.5 Å². The second-order valence-corrected chi connectivity index (χ2v) is 4.70. The molecule has 0 aliphatic carbocycles. The third kappa shape index (κ3) is 2.32. The number of halogens is 1. The summed E-state index contributed by atoms with van der Waals surface area (Å²) in [6.45, 7) is 4.10. The highest BCUT2D eigenvalue weighted by atomic mass is 35.5. The summed E-state index contributed by atoms with van der Waals surface area (Å²) < 4.78 is 4.92. The van der Waals surface area contributed by atoms with Crippen molar-refractivity contribution in [3.63, 3.8) is 0 Å². The third-order valence-corrected chi connectivity index (χ3v) is 2.83. The fourth-order valence-corrected chi connectivity index (χ4v) is 1.90. The predicted molar refractivity (Wildman–Crippen MR) is 68.4 cm³/mol. The Bertz CT molecular complexity index is 566. The van der Waals surface area contributed by atoms with Crippen LogP contribution in [-0.4, -0.2) is 15.2 Å². The minimum atomic E-state index is 0.124. The number of phenols is 1. The van der Waals surface area contributed by atoms with Crippen molar-refractivity contribution in [2.45, 2.75) is 26.3 Å². The second-order valence-electron chi connectivity index (χ2n) is 4.26. The number of phenolic OH excluding ortho intramolecular Hbond substituents is 1. The van der Waals surface area contributed by atoms with Gasteiger partial charge in [0.25, 0.3) is 0 Å². The van der Waals surface area contributed by atoms with E-state index in [-0.39, 0.29) is 24.0 Å². The van der Waals surface area contributed by atoms with Gasteiger partial charge in [0, 0.05) is 5.02 Å². The number of hydrogen-bond donors (Lipinski definition) is 2. The zero-order valence-corrected chi connectivity index (χ0v) is 10.9. The van der Waals surface area contributed by atoms with Crippen molar-refractivity contribution < 1.29 is 9.63 Å². The Morgan fingerprint density at radius 3 is 2.72 bits per heavy atom. The lowest BCUT2D eigenvalue weighted by atomic mass is 9.99. The fraction of sp³-hybridized carbons (Fsp3) is 0.333. The number of nitrogens with zero attached hydrogens (tertiary/aromatic N) is 2. The molecule has 0 aliphatic rings. The monoisotopic (exact) mass is 267 g/mol. The van der Waals surface area contributed by atoms with Gasteiger partial charge in [0.05, 0.1) is 12.1 Å². The van der Waals surface area contributed by atoms with Crippen LogP contribution in [0, 0.1) is 0 Å². The van der Waals surface area contributed by atoms with Crippen LogP contribution in [0.25, 0.3) is 11.4 Å². The van der Waals surface area contributed by atoms with E-state index >= 15 is 0 Å². The Balaban J connectivity index is 2.56. The summed E-state index contributed by atoms with van der Waals surface area (Å²) in [4.78, 5) is 4.08. The molecule has 6 heteroatoms. The Hall–Kier alpha value is -1.59. The molecule has 2 rings (SSSR count). The van der Waals surface area contributed by atoms with Gasteiger partial charge in [-0.15, -0.1) is 0 Å². The van der Waals surface area contributed by atoms with Crippen LogP contribution in [0.5, 0.6) is 5.75 Å². The Kier molecular flexibility index (Phi) is 3.54. The maximum absolute atomic E-state index is 10.2. The molecule has 0 unspecified atom stereocenters. The van der Waals surface area contributed by atoms with E-state index in [2.05, 4.69) is 10.1 Å². The first kappa shape index (κ1) is 12.9. The minimum absolute atomic E-state index is 0.124. The zero-order chi connectivity index (χ0) is 13.3. The summed E-state index contributed by atoms with van der Waals surface area (Å²) in [5.74, 6) is 0.870. The average molecular weight is 268 g/mol. The molecule has 0 saturated heterocycles. The van der Waals surface area contributed by atoms with Crippen LogP contribution < -0.4 is 5.73 Å². The fourth-order valence-electron chi connectivity index (χ4n) is 1.68. The quantitative estimate of drug-likeness (QED) is 0.893. The lowest BCUT2D eigenvalue weighted by Crippen LogP contribution is -1.96. The van der Waals surface area contributed by atoms with Gasteiger partial charge in [-0.25, -0.2) is 0 Å². The molecule has 0 radical (unpaired) electrons. The molecule has 18 heavy (non-hydrogen) atoms. The molecular weight excluding hydrogens is 254 g/mol. The molecule has 1 aromatic heterocycles. The van der Waals surface area contributed by atoms with E-state index in [9.17, 15) is 5.11 Å². The molecular formula is C12H14ClN3O2. The van der Waals surface area contributed by atoms with Crippen molar-refractivity contribution in [2.24, 2.45) is 5.73 Å². The van der Waals surface area contributed by atoms with Crippen LogP contribution in [0.3, 0.4) is 0 Å². The summed E-state index contributed by atoms with van der Waals surface area (Å²) in [7, 11) is 0. The molecule has 0 amide bonds. The lowest BCUT2D eigenvalue weighted by molar-refractivity contribution is 0.380. The second kappa shape index (κ2) is 4.96. The van der Waals surface area contributed by atoms with Gasteiger partial charge >= 0.3 is 0 Å². The van der Waals surface area contributed by atoms with Crippen molar-refractivity contribution in [3.8, 4) is 17.1 Å². The van der Waals surface area contributed by atoms with Crippen molar-refractivity contribution in [1.82, 2.24) is 10.1 Å². The third-order valence-electron chi connectivity index (χ3n) is 2.61. The van der Waals surface area contributed by atoms with Crippen molar-refractivity contribution >= 4 is 11.6 Å². The number of aromatic nitrogens is 2. The summed E-state index contributed by atoms with van der Waals surface area (Å²) >= 11 is 6.03. The number of nitrogens with two attached hydrogens (primary N) is 1. The summed E-state index contributed by atoms with van der Waals surface area (Å²) in [5, 5.41) is 14.5. The molecule has 2 aromatic rings. The van der Waals surface area contributed by atoms with Gasteiger partial charge in [0.15, 0.2) is 0 Å². The van der Waals surface area contributed by atoms with E-state index in [0.717, 1.165) is 5.56 Å². The van der Waals surface area contributed by atoms with Crippen LogP contribution in [-0.2, 0) is 6.54 Å². The highest BCUT2D eigenvalue weighted by Crippen LogP contribution is 2.37. The normalized spacial score (nSPS) is 11.2. The van der Waals surface area contributed by atoms with Crippen LogP contribution in [0.2, 0.25) is 5.02 Å². The van der Waals surface area contributed by atoms with E-state index < -0.39 is 0 Å². The van der Waals surface area contributed by atoms with Gasteiger partial charge in [-0.2, -0.15) is 4.98 Å². The highest BCUT2D eigenvalue weighted by molar-refractivity contribution is 6.31. The molecule has 0 spiro atoms. The smallest absolute Gasteiger partial charge is 0.240 e. The molecule has 0 saturated carbocycles. The molecule has 1 aromatic carbocycles. The Labute approximate surface area is 110 Å². The summed E-state index contributed by atoms with van der Waals surface area (Å²) in [6.07, 6.45) is 0. The van der Waals surface area contributed by atoms with Crippen LogP contribution in [0.4, 0.5) is 0 Å². The van der Waals surface area contributed by atoms with Crippen molar-refractivity contribution in [3.05, 3.63) is 28.6 Å². The number of hydrogen-bond acceptors (Lipinski definition) is 5. The molecule has 1 heterocycles. The van der Waals surface area contributed by atoms with Gasteiger partial charge in [-0.1, -0.05) is 30.6 Å². The maximum atomic E-state index is 10.2. The van der Waals surface area contributed by atoms with Crippen LogP contribution in [0.15, 0.2) is 16.7 Å². The van der Waals surface area contributed by atoms with Crippen molar-refractivity contribution in [1.29, 1.82) is 0 Å². The first-order chi connectivity index (χ1) is 8.52. The van der Waals surface area contributed by atoms with E-state index in [4.69, 9.17) is 21.9 Å². The zero-order valence-electron chi connectivity index (χ0n) is 10.1. The first-order valence-electron chi connectivity index (χ1n) is 5.58. The van der Waals surface area contributed by atoms with E-state index in [1.165, 1.54) is 0 Å². The van der Waals surface area contributed by atoms with Crippen LogP contribution in [0.1, 0.15) is 31.2 Å².